The molecule has 0 atom stereocenters. The van der Waals surface area contributed by atoms with Gasteiger partial charge >= 0.3 is 5.97 Å². The van der Waals surface area contributed by atoms with Crippen molar-refractivity contribution in [1.82, 2.24) is 0 Å². The number of nitriles is 1. The maximum absolute atomic E-state index is 11.0. The summed E-state index contributed by atoms with van der Waals surface area (Å²) >= 11 is 0. The molecule has 0 aliphatic carbocycles. The zero-order chi connectivity index (χ0) is 13.8. The van der Waals surface area contributed by atoms with E-state index >= 15 is 0 Å². The Morgan fingerprint density at radius 3 is 2.63 bits per heavy atom. The SMILES string of the molecule is CN(Cc1occc1C(=O)O)c1ccc(C#N)cc1. The molecule has 2 rings (SSSR count). The Kier molecular flexibility index (Phi) is 3.53. The molecule has 1 heterocycles. The number of hydrogen-bond acceptors (Lipinski definition) is 4. The predicted molar refractivity (Wildman–Crippen MR) is 68.9 cm³/mol. The van der Waals surface area contributed by atoms with Crippen molar-refractivity contribution in [3.63, 3.8) is 0 Å². The van der Waals surface area contributed by atoms with Crippen LogP contribution in [0.4, 0.5) is 5.69 Å². The van der Waals surface area contributed by atoms with Gasteiger partial charge in [0.2, 0.25) is 0 Å². The summed E-state index contributed by atoms with van der Waals surface area (Å²) in [6.45, 7) is 0.348. The van der Waals surface area contributed by atoms with E-state index in [1.54, 1.807) is 12.1 Å². The second-order valence-corrected chi connectivity index (χ2v) is 4.08. The van der Waals surface area contributed by atoms with Gasteiger partial charge in [-0.15, -0.1) is 0 Å². The van der Waals surface area contributed by atoms with Gasteiger partial charge in [-0.2, -0.15) is 5.26 Å². The van der Waals surface area contributed by atoms with Crippen molar-refractivity contribution in [2.75, 3.05) is 11.9 Å². The Morgan fingerprint density at radius 2 is 2.05 bits per heavy atom. The van der Waals surface area contributed by atoms with Crippen molar-refractivity contribution in [3.05, 3.63) is 53.5 Å². The standard InChI is InChI=1S/C14H12N2O3/c1-16(11-4-2-10(8-15)3-5-11)9-13-12(14(17)18)6-7-19-13/h2-7H,9H2,1H3,(H,17,18). The van der Waals surface area contributed by atoms with Crippen LogP contribution in [0.25, 0.3) is 0 Å². The molecule has 0 unspecified atom stereocenters. The summed E-state index contributed by atoms with van der Waals surface area (Å²) in [5.74, 6) is -0.601. The molecule has 1 aromatic carbocycles. The van der Waals surface area contributed by atoms with Gasteiger partial charge in [0.1, 0.15) is 11.3 Å². The number of carboxylic acid groups (broad SMARTS) is 1. The number of carbonyl (C=O) groups is 1. The Labute approximate surface area is 110 Å². The molecule has 19 heavy (non-hydrogen) atoms. The molecule has 0 amide bonds. The summed E-state index contributed by atoms with van der Waals surface area (Å²) in [4.78, 5) is 12.8. The van der Waals surface area contributed by atoms with Gasteiger partial charge in [-0.1, -0.05) is 0 Å². The minimum Gasteiger partial charge on any atom is -0.478 e. The van der Waals surface area contributed by atoms with E-state index in [2.05, 4.69) is 0 Å². The van der Waals surface area contributed by atoms with Crippen LogP contribution in [0.3, 0.4) is 0 Å². The van der Waals surface area contributed by atoms with E-state index in [-0.39, 0.29) is 5.56 Å². The minimum atomic E-state index is -1.00. The number of aromatic carboxylic acids is 1. The number of carboxylic acids is 1. The lowest BCUT2D eigenvalue weighted by Crippen LogP contribution is -2.17. The topological polar surface area (TPSA) is 77.5 Å². The zero-order valence-corrected chi connectivity index (χ0v) is 10.3. The van der Waals surface area contributed by atoms with E-state index in [4.69, 9.17) is 14.8 Å². The fourth-order valence-electron chi connectivity index (χ4n) is 1.75. The molecule has 0 spiro atoms. The van der Waals surface area contributed by atoms with Crippen LogP contribution in [-0.2, 0) is 6.54 Å². The molecule has 0 saturated heterocycles. The van der Waals surface area contributed by atoms with Crippen LogP contribution >= 0.6 is 0 Å². The molecule has 0 aliphatic heterocycles. The third-order valence-corrected chi connectivity index (χ3v) is 2.79. The summed E-state index contributed by atoms with van der Waals surface area (Å²) in [7, 11) is 1.83. The average molecular weight is 256 g/mol. The number of nitrogens with zero attached hydrogens (tertiary/aromatic N) is 2. The Hall–Kier alpha value is -2.74. The van der Waals surface area contributed by atoms with Crippen LogP contribution in [-0.4, -0.2) is 18.1 Å². The van der Waals surface area contributed by atoms with Crippen molar-refractivity contribution < 1.29 is 14.3 Å². The molecule has 0 radical (unpaired) electrons. The third kappa shape index (κ3) is 2.75. The molecule has 0 saturated carbocycles. The number of furan rings is 1. The van der Waals surface area contributed by atoms with Gasteiger partial charge in [0.15, 0.2) is 0 Å². The molecule has 5 nitrogen and oxygen atoms in total. The van der Waals surface area contributed by atoms with Gasteiger partial charge < -0.3 is 14.4 Å². The first kappa shape index (κ1) is 12.7. The Bertz CT molecular complexity index is 623. The molecular weight excluding hydrogens is 244 g/mol. The normalized spacial score (nSPS) is 9.89. The van der Waals surface area contributed by atoms with Crippen molar-refractivity contribution >= 4 is 11.7 Å². The second kappa shape index (κ2) is 5.27. The Morgan fingerprint density at radius 1 is 1.37 bits per heavy atom. The highest BCUT2D eigenvalue weighted by molar-refractivity contribution is 5.88. The molecule has 1 N–H and O–H groups in total. The minimum absolute atomic E-state index is 0.167. The molecule has 5 heteroatoms. The van der Waals surface area contributed by atoms with Gasteiger partial charge in [0.05, 0.1) is 24.4 Å². The predicted octanol–water partition coefficient (Wildman–Crippen LogP) is 2.49. The first-order valence-electron chi connectivity index (χ1n) is 5.63. The van der Waals surface area contributed by atoms with Crippen molar-refractivity contribution in [1.29, 1.82) is 5.26 Å². The fourth-order valence-corrected chi connectivity index (χ4v) is 1.75. The molecule has 2 aromatic rings. The molecular formula is C14H12N2O3. The van der Waals surface area contributed by atoms with E-state index in [1.807, 2.05) is 30.1 Å². The smallest absolute Gasteiger partial charge is 0.339 e. The lowest BCUT2D eigenvalue weighted by atomic mass is 10.2. The lowest BCUT2D eigenvalue weighted by molar-refractivity contribution is 0.0694. The Balaban J connectivity index is 2.16. The van der Waals surface area contributed by atoms with Gasteiger partial charge in [-0.3, -0.25) is 0 Å². The van der Waals surface area contributed by atoms with Crippen molar-refractivity contribution in [3.8, 4) is 6.07 Å². The monoisotopic (exact) mass is 256 g/mol. The molecule has 0 aliphatic rings. The van der Waals surface area contributed by atoms with Crippen LogP contribution in [0.5, 0.6) is 0 Å². The van der Waals surface area contributed by atoms with E-state index in [9.17, 15) is 4.79 Å². The first-order chi connectivity index (χ1) is 9.11. The summed E-state index contributed by atoms with van der Waals surface area (Å²) in [5, 5.41) is 17.7. The molecule has 96 valence electrons. The van der Waals surface area contributed by atoms with Gasteiger partial charge in [-0.05, 0) is 30.3 Å². The van der Waals surface area contributed by atoms with Crippen LogP contribution in [0.1, 0.15) is 21.7 Å². The number of rotatable bonds is 4. The zero-order valence-electron chi connectivity index (χ0n) is 10.3. The van der Waals surface area contributed by atoms with Crippen molar-refractivity contribution in [2.24, 2.45) is 0 Å². The summed E-state index contributed by atoms with van der Waals surface area (Å²) in [6.07, 6.45) is 1.37. The van der Waals surface area contributed by atoms with Gasteiger partial charge in [0, 0.05) is 12.7 Å². The number of benzene rings is 1. The maximum atomic E-state index is 11.0. The van der Waals surface area contributed by atoms with E-state index in [1.165, 1.54) is 12.3 Å². The second-order valence-electron chi connectivity index (χ2n) is 4.08. The third-order valence-electron chi connectivity index (χ3n) is 2.79. The quantitative estimate of drug-likeness (QED) is 0.909. The van der Waals surface area contributed by atoms with E-state index in [0.717, 1.165) is 5.69 Å². The lowest BCUT2D eigenvalue weighted by Gasteiger charge is -2.18. The number of anilines is 1. The first-order valence-corrected chi connectivity index (χ1v) is 5.63. The highest BCUT2D eigenvalue weighted by Gasteiger charge is 2.15. The number of hydrogen-bond donors (Lipinski definition) is 1. The average Bonchev–Trinajstić information content (AvgIpc) is 2.87. The van der Waals surface area contributed by atoms with E-state index < -0.39 is 5.97 Å². The van der Waals surface area contributed by atoms with Crippen molar-refractivity contribution in [2.45, 2.75) is 6.54 Å². The van der Waals surface area contributed by atoms with Crippen LogP contribution < -0.4 is 4.90 Å². The van der Waals surface area contributed by atoms with Crippen LogP contribution in [0, 0.1) is 11.3 Å². The van der Waals surface area contributed by atoms with Crippen LogP contribution in [0.2, 0.25) is 0 Å². The molecule has 0 fully saturated rings. The molecule has 1 aromatic heterocycles. The summed E-state index contributed by atoms with van der Waals surface area (Å²) in [6, 6.07) is 10.5. The molecule has 0 bridgehead atoms. The fraction of sp³-hybridized carbons (Fsp3) is 0.143. The highest BCUT2D eigenvalue weighted by atomic mass is 16.4. The largest absolute Gasteiger partial charge is 0.478 e. The maximum Gasteiger partial charge on any atom is 0.339 e. The van der Waals surface area contributed by atoms with E-state index in [0.29, 0.717) is 17.9 Å². The highest BCUT2D eigenvalue weighted by Crippen LogP contribution is 2.19. The summed E-state index contributed by atoms with van der Waals surface area (Å²) < 4.78 is 5.19. The van der Waals surface area contributed by atoms with Gasteiger partial charge in [-0.25, -0.2) is 4.79 Å². The van der Waals surface area contributed by atoms with Gasteiger partial charge in [0.25, 0.3) is 0 Å². The van der Waals surface area contributed by atoms with Crippen LogP contribution in [0.15, 0.2) is 41.0 Å². The summed E-state index contributed by atoms with van der Waals surface area (Å²) in [5.41, 5.74) is 1.63.